The van der Waals surface area contributed by atoms with E-state index in [1.54, 1.807) is 38.3 Å². The molecule has 1 amide bonds. The van der Waals surface area contributed by atoms with Crippen LogP contribution in [0.2, 0.25) is 5.02 Å². The molecule has 2 N–H and O–H groups in total. The van der Waals surface area contributed by atoms with Crippen LogP contribution >= 0.6 is 11.6 Å². The van der Waals surface area contributed by atoms with Gasteiger partial charge < -0.3 is 9.84 Å². The fourth-order valence-electron chi connectivity index (χ4n) is 3.75. The van der Waals surface area contributed by atoms with Gasteiger partial charge in [-0.3, -0.25) is 14.6 Å². The molecule has 2 aromatic carbocycles. The average molecular weight is 469 g/mol. The van der Waals surface area contributed by atoms with E-state index in [0.717, 1.165) is 10.1 Å². The number of carbonyl (C=O) groups is 1. The second-order valence-corrected chi connectivity index (χ2v) is 7.84. The van der Waals surface area contributed by atoms with Gasteiger partial charge in [0.05, 0.1) is 24.6 Å². The van der Waals surface area contributed by atoms with Crippen molar-refractivity contribution in [2.45, 2.75) is 25.8 Å². The molecule has 9 nitrogen and oxygen atoms in total. The first-order valence-corrected chi connectivity index (χ1v) is 10.6. The van der Waals surface area contributed by atoms with E-state index in [4.69, 9.17) is 16.3 Å². The van der Waals surface area contributed by atoms with Crippen LogP contribution in [0, 0.1) is 0 Å². The SMILES string of the molecule is CCC(=O)N1N=C(c2c(O)n(-c3ccc(Cl)cc3)c(=O)[nH]c2=O)C[C@@H]1c1ccc(OC)cc1. The van der Waals surface area contributed by atoms with Gasteiger partial charge in [0.25, 0.3) is 5.56 Å². The number of nitrogens with zero attached hydrogens (tertiary/aromatic N) is 3. The van der Waals surface area contributed by atoms with Gasteiger partial charge in [-0.2, -0.15) is 5.10 Å². The maximum atomic E-state index is 12.7. The minimum Gasteiger partial charge on any atom is -0.497 e. The minimum atomic E-state index is -0.810. The van der Waals surface area contributed by atoms with Gasteiger partial charge in [-0.15, -0.1) is 0 Å². The number of hydrazone groups is 1. The lowest BCUT2D eigenvalue weighted by Crippen LogP contribution is -2.33. The number of aromatic hydroxyl groups is 1. The summed E-state index contributed by atoms with van der Waals surface area (Å²) in [5.41, 5.74) is -0.478. The van der Waals surface area contributed by atoms with E-state index in [2.05, 4.69) is 10.1 Å². The van der Waals surface area contributed by atoms with Gasteiger partial charge in [0.15, 0.2) is 0 Å². The van der Waals surface area contributed by atoms with Crippen LogP contribution in [-0.4, -0.2) is 38.4 Å². The third-order valence-electron chi connectivity index (χ3n) is 5.43. The van der Waals surface area contributed by atoms with Crippen molar-refractivity contribution in [3.63, 3.8) is 0 Å². The standard InChI is InChI=1S/C23H21ClN4O5/c1-3-19(29)28-18(13-4-10-16(33-2)11-5-13)12-17(26-28)20-21(30)25-23(32)27(22(20)31)15-8-6-14(24)7-9-15/h4-11,18,31H,3,12H2,1-2H3,(H,25,30,32)/t18-/m1/s1. The van der Waals surface area contributed by atoms with Crippen molar-refractivity contribution < 1.29 is 14.6 Å². The van der Waals surface area contributed by atoms with E-state index in [1.807, 2.05) is 12.1 Å². The number of carbonyl (C=O) groups excluding carboxylic acids is 1. The lowest BCUT2D eigenvalue weighted by atomic mass is 9.99. The summed E-state index contributed by atoms with van der Waals surface area (Å²) in [5, 5.41) is 17.1. The number of benzene rings is 2. The highest BCUT2D eigenvalue weighted by atomic mass is 35.5. The second kappa shape index (κ2) is 8.95. The Bertz CT molecular complexity index is 1340. The van der Waals surface area contributed by atoms with Crippen LogP contribution in [-0.2, 0) is 4.79 Å². The molecular formula is C23H21ClN4O5. The summed E-state index contributed by atoms with van der Waals surface area (Å²) in [6.07, 6.45) is 0.379. The van der Waals surface area contributed by atoms with E-state index < -0.39 is 23.2 Å². The first kappa shape index (κ1) is 22.3. The van der Waals surface area contributed by atoms with Crippen molar-refractivity contribution in [2.24, 2.45) is 5.10 Å². The highest BCUT2D eigenvalue weighted by Gasteiger charge is 2.35. The molecule has 0 unspecified atom stereocenters. The number of aromatic amines is 1. The number of aromatic nitrogens is 2. The summed E-state index contributed by atoms with van der Waals surface area (Å²) in [7, 11) is 1.56. The molecule has 3 aromatic rings. The number of nitrogens with one attached hydrogen (secondary N) is 1. The molecule has 0 radical (unpaired) electrons. The van der Waals surface area contributed by atoms with Crippen molar-refractivity contribution >= 4 is 23.2 Å². The average Bonchev–Trinajstić information content (AvgIpc) is 3.24. The Hall–Kier alpha value is -3.85. The number of methoxy groups -OCH3 is 1. The molecular weight excluding hydrogens is 448 g/mol. The number of halogens is 1. The summed E-state index contributed by atoms with van der Waals surface area (Å²) in [6, 6.07) is 12.9. The second-order valence-electron chi connectivity index (χ2n) is 7.40. The van der Waals surface area contributed by atoms with Gasteiger partial charge in [-0.25, -0.2) is 14.4 Å². The lowest BCUT2D eigenvalue weighted by molar-refractivity contribution is -0.132. The highest BCUT2D eigenvalue weighted by molar-refractivity contribution is 6.30. The molecule has 1 aromatic heterocycles. The number of hydrogen-bond donors (Lipinski definition) is 2. The van der Waals surface area contributed by atoms with Crippen LogP contribution in [0.15, 0.2) is 63.2 Å². The molecule has 170 valence electrons. The molecule has 4 rings (SSSR count). The largest absolute Gasteiger partial charge is 0.497 e. The summed E-state index contributed by atoms with van der Waals surface area (Å²) in [6.45, 7) is 1.71. The van der Waals surface area contributed by atoms with Gasteiger partial charge in [0.1, 0.15) is 11.3 Å². The predicted molar refractivity (Wildman–Crippen MR) is 123 cm³/mol. The van der Waals surface area contributed by atoms with E-state index >= 15 is 0 Å². The molecule has 10 heteroatoms. The first-order valence-electron chi connectivity index (χ1n) is 10.2. The smallest absolute Gasteiger partial charge is 0.335 e. The zero-order chi connectivity index (χ0) is 23.7. The van der Waals surface area contributed by atoms with Crippen LogP contribution < -0.4 is 16.0 Å². The summed E-state index contributed by atoms with van der Waals surface area (Å²) >= 11 is 5.92. The van der Waals surface area contributed by atoms with E-state index in [0.29, 0.717) is 16.5 Å². The third kappa shape index (κ3) is 4.14. The van der Waals surface area contributed by atoms with Crippen molar-refractivity contribution in [3.8, 4) is 17.3 Å². The Morgan fingerprint density at radius 1 is 1.18 bits per heavy atom. The van der Waals surface area contributed by atoms with Crippen LogP contribution in [0.25, 0.3) is 5.69 Å². The zero-order valence-electron chi connectivity index (χ0n) is 17.9. The Labute approximate surface area is 193 Å². The fourth-order valence-corrected chi connectivity index (χ4v) is 3.88. The lowest BCUT2D eigenvalue weighted by Gasteiger charge is -2.21. The topological polar surface area (TPSA) is 117 Å². The Morgan fingerprint density at radius 3 is 2.45 bits per heavy atom. The molecule has 1 atom stereocenters. The molecule has 0 bridgehead atoms. The summed E-state index contributed by atoms with van der Waals surface area (Å²) < 4.78 is 6.16. The van der Waals surface area contributed by atoms with Crippen molar-refractivity contribution in [1.82, 2.24) is 14.6 Å². The number of hydrogen-bond acceptors (Lipinski definition) is 6. The van der Waals surface area contributed by atoms with Gasteiger partial charge in [-0.1, -0.05) is 30.7 Å². The molecule has 0 saturated carbocycles. The van der Waals surface area contributed by atoms with Gasteiger partial charge in [0.2, 0.25) is 11.8 Å². The maximum Gasteiger partial charge on any atom is 0.335 e. The molecule has 0 fully saturated rings. The fraction of sp³-hybridized carbons (Fsp3) is 0.217. The van der Waals surface area contributed by atoms with E-state index in [-0.39, 0.29) is 30.0 Å². The Balaban J connectivity index is 1.81. The molecule has 0 spiro atoms. The number of ether oxygens (including phenoxy) is 1. The van der Waals surface area contributed by atoms with Gasteiger partial charge >= 0.3 is 5.69 Å². The van der Waals surface area contributed by atoms with Crippen molar-refractivity contribution in [2.75, 3.05) is 7.11 Å². The van der Waals surface area contributed by atoms with Crippen LogP contribution in [0.3, 0.4) is 0 Å². The van der Waals surface area contributed by atoms with Gasteiger partial charge in [0, 0.05) is 17.9 Å². The molecule has 0 aliphatic carbocycles. The molecule has 33 heavy (non-hydrogen) atoms. The normalized spacial score (nSPS) is 15.4. The molecule has 1 aliphatic heterocycles. The number of H-pyrrole nitrogens is 1. The van der Waals surface area contributed by atoms with Crippen LogP contribution in [0.4, 0.5) is 0 Å². The van der Waals surface area contributed by atoms with Gasteiger partial charge in [-0.05, 0) is 42.0 Å². The Morgan fingerprint density at radius 2 is 1.85 bits per heavy atom. The monoisotopic (exact) mass is 468 g/mol. The summed E-state index contributed by atoms with van der Waals surface area (Å²) in [4.78, 5) is 40.0. The Kier molecular flexibility index (Phi) is 6.06. The van der Waals surface area contributed by atoms with Crippen LogP contribution in [0.1, 0.15) is 36.9 Å². The van der Waals surface area contributed by atoms with Crippen molar-refractivity contribution in [3.05, 3.63) is 85.5 Å². The van der Waals surface area contributed by atoms with E-state index in [1.165, 1.54) is 17.1 Å². The highest BCUT2D eigenvalue weighted by Crippen LogP contribution is 2.35. The maximum absolute atomic E-state index is 12.7. The van der Waals surface area contributed by atoms with Crippen LogP contribution in [0.5, 0.6) is 11.6 Å². The molecule has 0 saturated heterocycles. The van der Waals surface area contributed by atoms with Crippen molar-refractivity contribution in [1.29, 1.82) is 0 Å². The number of amides is 1. The quantitative estimate of drug-likeness (QED) is 0.597. The third-order valence-corrected chi connectivity index (χ3v) is 5.68. The van der Waals surface area contributed by atoms with E-state index in [9.17, 15) is 19.5 Å². The summed E-state index contributed by atoms with van der Waals surface area (Å²) in [5.74, 6) is -0.146. The molecule has 1 aliphatic rings. The zero-order valence-corrected chi connectivity index (χ0v) is 18.7. The number of rotatable bonds is 5. The first-order chi connectivity index (χ1) is 15.8. The minimum absolute atomic E-state index is 0.172. The molecule has 2 heterocycles. The predicted octanol–water partition coefficient (Wildman–Crippen LogP) is 2.98.